The molecule has 40 heavy (non-hydrogen) atoms. The average molecular weight is 544 g/mol. The third-order valence-electron chi connectivity index (χ3n) is 8.55. The van der Waals surface area contributed by atoms with Crippen LogP contribution in [0, 0.1) is 5.92 Å². The van der Waals surface area contributed by atoms with E-state index in [-0.39, 0.29) is 11.8 Å². The Bertz CT molecular complexity index is 1280. The van der Waals surface area contributed by atoms with Gasteiger partial charge in [-0.05, 0) is 88.8 Å². The zero-order valence-corrected chi connectivity index (χ0v) is 23.4. The number of hydrogen-bond acceptors (Lipinski definition) is 8. The van der Waals surface area contributed by atoms with Gasteiger partial charge < -0.3 is 25.2 Å². The van der Waals surface area contributed by atoms with Crippen molar-refractivity contribution < 1.29 is 9.53 Å². The summed E-state index contributed by atoms with van der Waals surface area (Å²) in [5.74, 6) is 2.11. The fourth-order valence-corrected chi connectivity index (χ4v) is 6.21. The minimum Gasteiger partial charge on any atom is -0.381 e. The predicted octanol–water partition coefficient (Wildman–Crippen LogP) is 4.10. The Morgan fingerprint density at radius 1 is 1.00 bits per heavy atom. The Kier molecular flexibility index (Phi) is 8.68. The fraction of sp³-hybridized carbons (Fsp3) is 0.548. The number of rotatable bonds is 9. The number of likely N-dealkylation sites (tertiary alicyclic amines) is 1. The zero-order chi connectivity index (χ0) is 27.1. The largest absolute Gasteiger partial charge is 0.381 e. The number of fused-ring (bicyclic) bond motifs is 1. The number of piperidine rings is 1. The lowest BCUT2D eigenvalue weighted by atomic mass is 9.95. The van der Waals surface area contributed by atoms with E-state index in [9.17, 15) is 4.79 Å². The molecule has 3 aromatic heterocycles. The number of anilines is 2. The topological polar surface area (TPSA) is 95.5 Å². The van der Waals surface area contributed by atoms with Crippen molar-refractivity contribution in [1.29, 1.82) is 0 Å². The van der Waals surface area contributed by atoms with Crippen molar-refractivity contribution in [2.45, 2.75) is 51.0 Å². The Morgan fingerprint density at radius 3 is 2.65 bits per heavy atom. The first-order valence-electron chi connectivity index (χ1n) is 15.0. The van der Waals surface area contributed by atoms with Crippen LogP contribution >= 0.6 is 0 Å². The van der Waals surface area contributed by atoms with Gasteiger partial charge in [-0.15, -0.1) is 0 Å². The second-order valence-electron chi connectivity index (χ2n) is 11.3. The summed E-state index contributed by atoms with van der Waals surface area (Å²) in [5.41, 5.74) is 1.94. The number of carbonyl (C=O) groups excluding carboxylic acids is 1. The number of hydrogen-bond donors (Lipinski definition) is 2. The van der Waals surface area contributed by atoms with Gasteiger partial charge in [-0.2, -0.15) is 0 Å². The molecule has 6 rings (SSSR count). The van der Waals surface area contributed by atoms with Gasteiger partial charge in [-0.25, -0.2) is 9.97 Å². The number of pyridine rings is 3. The molecule has 3 aromatic rings. The highest BCUT2D eigenvalue weighted by Gasteiger charge is 2.27. The number of nitrogens with zero attached hydrogens (tertiary/aromatic N) is 5. The maximum absolute atomic E-state index is 12.9. The predicted molar refractivity (Wildman–Crippen MR) is 158 cm³/mol. The normalized spacial score (nSPS) is 19.2. The molecule has 3 fully saturated rings. The molecule has 0 unspecified atom stereocenters. The van der Waals surface area contributed by atoms with Crippen LogP contribution in [0.4, 0.5) is 11.6 Å². The first-order valence-corrected chi connectivity index (χ1v) is 15.0. The Labute approximate surface area is 236 Å². The first kappa shape index (κ1) is 26.9. The summed E-state index contributed by atoms with van der Waals surface area (Å²) in [4.78, 5) is 31.8. The van der Waals surface area contributed by atoms with Crippen LogP contribution in [0.2, 0.25) is 0 Å². The lowest BCUT2D eigenvalue weighted by Gasteiger charge is -2.33. The smallest absolute Gasteiger partial charge is 0.223 e. The van der Waals surface area contributed by atoms with E-state index in [2.05, 4.69) is 42.5 Å². The minimum absolute atomic E-state index is 0.0677. The molecule has 0 atom stereocenters. The Hall–Kier alpha value is -3.30. The summed E-state index contributed by atoms with van der Waals surface area (Å²) >= 11 is 0. The molecule has 0 radical (unpaired) electrons. The molecule has 212 valence electrons. The van der Waals surface area contributed by atoms with E-state index in [0.29, 0.717) is 6.04 Å². The van der Waals surface area contributed by atoms with Crippen LogP contribution in [0.15, 0.2) is 42.9 Å². The van der Waals surface area contributed by atoms with Crippen molar-refractivity contribution in [3.63, 3.8) is 0 Å². The van der Waals surface area contributed by atoms with Gasteiger partial charge >= 0.3 is 0 Å². The molecule has 3 saturated heterocycles. The van der Waals surface area contributed by atoms with Gasteiger partial charge in [0.1, 0.15) is 11.6 Å². The van der Waals surface area contributed by atoms with Crippen LogP contribution in [0.5, 0.6) is 0 Å². The lowest BCUT2D eigenvalue weighted by Crippen LogP contribution is -2.41. The zero-order valence-electron chi connectivity index (χ0n) is 23.4. The summed E-state index contributed by atoms with van der Waals surface area (Å²) in [7, 11) is 0. The molecule has 0 aromatic carbocycles. The molecular formula is C31H41N7O2. The minimum atomic E-state index is 0.0677. The third kappa shape index (κ3) is 6.53. The summed E-state index contributed by atoms with van der Waals surface area (Å²) in [5, 5.41) is 8.93. The lowest BCUT2D eigenvalue weighted by molar-refractivity contribution is -0.125. The monoisotopic (exact) mass is 543 g/mol. The molecule has 0 aliphatic carbocycles. The van der Waals surface area contributed by atoms with Crippen LogP contribution in [-0.4, -0.2) is 84.3 Å². The first-order chi connectivity index (χ1) is 19.7. The molecule has 0 spiro atoms. The van der Waals surface area contributed by atoms with E-state index >= 15 is 0 Å². The highest BCUT2D eigenvalue weighted by atomic mass is 16.5. The van der Waals surface area contributed by atoms with Gasteiger partial charge in [0, 0.05) is 79.7 Å². The van der Waals surface area contributed by atoms with E-state index in [1.165, 1.54) is 25.9 Å². The Morgan fingerprint density at radius 2 is 1.82 bits per heavy atom. The van der Waals surface area contributed by atoms with Gasteiger partial charge in [0.15, 0.2) is 0 Å². The van der Waals surface area contributed by atoms with Gasteiger partial charge in [-0.3, -0.25) is 9.78 Å². The van der Waals surface area contributed by atoms with Crippen molar-refractivity contribution >= 4 is 28.3 Å². The molecular weight excluding hydrogens is 502 g/mol. The molecule has 3 aliphatic rings. The molecule has 6 heterocycles. The van der Waals surface area contributed by atoms with E-state index < -0.39 is 0 Å². The second kappa shape index (κ2) is 12.9. The van der Waals surface area contributed by atoms with Crippen molar-refractivity contribution in [2.75, 3.05) is 62.7 Å². The van der Waals surface area contributed by atoms with Gasteiger partial charge in [0.05, 0.1) is 5.69 Å². The standard InChI is InChI=1S/C31H41N7O2/c39-31(34-10-3-15-37-13-1-2-14-37)23-6-16-38(17-7-23)30-27-5-11-32-22-25(27)20-28(36-30)24-4-12-33-29(21-24)35-26-8-18-40-19-9-26/h4-5,11-12,20-23,26H,1-3,6-10,13-19H2,(H,33,35)(H,34,39). The van der Waals surface area contributed by atoms with Gasteiger partial charge in [-0.1, -0.05) is 0 Å². The van der Waals surface area contributed by atoms with E-state index in [1.807, 2.05) is 30.7 Å². The van der Waals surface area contributed by atoms with Crippen LogP contribution in [0.3, 0.4) is 0 Å². The number of aromatic nitrogens is 3. The summed E-state index contributed by atoms with van der Waals surface area (Å²) in [6.07, 6.45) is 12.9. The summed E-state index contributed by atoms with van der Waals surface area (Å²) in [6, 6.07) is 8.64. The Balaban J connectivity index is 1.12. The van der Waals surface area contributed by atoms with Crippen LogP contribution in [0.1, 0.15) is 44.9 Å². The summed E-state index contributed by atoms with van der Waals surface area (Å²) in [6.45, 7) is 7.48. The third-order valence-corrected chi connectivity index (χ3v) is 8.55. The van der Waals surface area contributed by atoms with Crippen LogP contribution in [0.25, 0.3) is 22.0 Å². The quantitative estimate of drug-likeness (QED) is 0.390. The van der Waals surface area contributed by atoms with Gasteiger partial charge in [0.2, 0.25) is 5.91 Å². The number of carbonyl (C=O) groups is 1. The van der Waals surface area contributed by atoms with Crippen molar-refractivity contribution in [3.05, 3.63) is 42.9 Å². The van der Waals surface area contributed by atoms with E-state index in [4.69, 9.17) is 9.72 Å². The fourth-order valence-electron chi connectivity index (χ4n) is 6.21. The number of ether oxygens (including phenoxy) is 1. The number of amides is 1. The van der Waals surface area contributed by atoms with Crippen molar-refractivity contribution in [1.82, 2.24) is 25.2 Å². The molecule has 2 N–H and O–H groups in total. The maximum Gasteiger partial charge on any atom is 0.223 e. The molecule has 9 nitrogen and oxygen atoms in total. The van der Waals surface area contributed by atoms with Crippen LogP contribution in [-0.2, 0) is 9.53 Å². The molecule has 0 bridgehead atoms. The second-order valence-corrected chi connectivity index (χ2v) is 11.3. The highest BCUT2D eigenvalue weighted by molar-refractivity contribution is 5.94. The van der Waals surface area contributed by atoms with Crippen molar-refractivity contribution in [3.8, 4) is 11.3 Å². The average Bonchev–Trinajstić information content (AvgIpc) is 3.53. The van der Waals surface area contributed by atoms with E-state index in [1.54, 1.807) is 0 Å². The van der Waals surface area contributed by atoms with Crippen LogP contribution < -0.4 is 15.5 Å². The molecule has 1 amide bonds. The molecule has 9 heteroatoms. The molecule has 3 aliphatic heterocycles. The SMILES string of the molecule is O=C(NCCCN1CCCC1)C1CCN(c2nc(-c3ccnc(NC4CCOCC4)c3)cc3cnccc23)CC1. The summed E-state index contributed by atoms with van der Waals surface area (Å²) < 4.78 is 5.50. The van der Waals surface area contributed by atoms with E-state index in [0.717, 1.165) is 105 Å². The maximum atomic E-state index is 12.9. The highest BCUT2D eigenvalue weighted by Crippen LogP contribution is 2.32. The van der Waals surface area contributed by atoms with Crippen molar-refractivity contribution in [2.24, 2.45) is 5.92 Å². The molecule has 0 saturated carbocycles. The number of nitrogens with one attached hydrogen (secondary N) is 2. The van der Waals surface area contributed by atoms with Gasteiger partial charge in [0.25, 0.3) is 0 Å².